The van der Waals surface area contributed by atoms with Crippen LogP contribution in [0.5, 0.6) is 5.75 Å². The number of amides is 1. The van der Waals surface area contributed by atoms with Crippen molar-refractivity contribution in [2.45, 2.75) is 32.7 Å². The number of ketones is 1. The summed E-state index contributed by atoms with van der Waals surface area (Å²) in [6, 6.07) is 16.1. The third-order valence-electron chi connectivity index (χ3n) is 5.98. The maximum Gasteiger partial charge on any atom is 0.296 e. The number of hydrogen-bond acceptors (Lipinski definition) is 7. The molecule has 2 aromatic heterocycles. The third-order valence-corrected chi connectivity index (χ3v) is 7.87. The highest BCUT2D eigenvalue weighted by Crippen LogP contribution is 2.45. The number of carbonyl (C=O) groups is 2. The van der Waals surface area contributed by atoms with Crippen molar-refractivity contribution < 1.29 is 19.4 Å². The molecule has 0 spiro atoms. The molecule has 1 amide bonds. The number of nitrogens with zero attached hydrogens (tertiary/aromatic N) is 2. The van der Waals surface area contributed by atoms with Crippen LogP contribution in [0.1, 0.15) is 53.5 Å². The quantitative estimate of drug-likeness (QED) is 0.285. The fourth-order valence-corrected chi connectivity index (χ4v) is 5.90. The number of ether oxygens (including phenoxy) is 1. The van der Waals surface area contributed by atoms with Crippen LogP contribution in [0, 0.1) is 0 Å². The summed E-state index contributed by atoms with van der Waals surface area (Å²) >= 11 is 2.61. The first-order chi connectivity index (χ1) is 16.9. The number of fused-ring (bicyclic) bond motifs is 1. The molecule has 0 aliphatic carbocycles. The van der Waals surface area contributed by atoms with Gasteiger partial charge >= 0.3 is 0 Å². The Labute approximate surface area is 211 Å². The summed E-state index contributed by atoms with van der Waals surface area (Å²) in [6.07, 6.45) is 0. The molecule has 1 aliphatic rings. The largest absolute Gasteiger partial charge is 0.503 e. The molecule has 6 nitrogen and oxygen atoms in total. The highest BCUT2D eigenvalue weighted by atomic mass is 32.1. The van der Waals surface area contributed by atoms with E-state index in [2.05, 4.69) is 18.8 Å². The maximum atomic E-state index is 13.5. The molecule has 0 bridgehead atoms. The van der Waals surface area contributed by atoms with Crippen LogP contribution in [0.4, 0.5) is 5.13 Å². The van der Waals surface area contributed by atoms with E-state index < -0.39 is 17.7 Å². The van der Waals surface area contributed by atoms with E-state index in [1.807, 2.05) is 49.4 Å². The number of aliphatic hydroxyl groups excluding tert-OH is 1. The standard InChI is InChI=1S/C27H24N2O4S2/c1-4-33-18-11-12-19-21(14-18)35-27(28-19)29-23(17-9-7-16(8-10-17)15(2)3)22(25(31)26(29)32)24(30)20-6-5-13-34-20/h5-15,23,31H,4H2,1-3H3/t23-/m0/s1. The Hall–Kier alpha value is -3.49. The molecule has 4 aromatic rings. The Balaban J connectivity index is 1.64. The number of anilines is 1. The number of aromatic nitrogens is 1. The van der Waals surface area contributed by atoms with Gasteiger partial charge in [-0.3, -0.25) is 14.5 Å². The Kier molecular flexibility index (Phi) is 6.17. The fraction of sp³-hybridized carbons (Fsp3) is 0.222. The van der Waals surface area contributed by atoms with Crippen LogP contribution in [0.2, 0.25) is 0 Å². The Bertz CT molecular complexity index is 1440. The minimum Gasteiger partial charge on any atom is -0.503 e. The van der Waals surface area contributed by atoms with Crippen molar-refractivity contribution in [3.63, 3.8) is 0 Å². The lowest BCUT2D eigenvalue weighted by molar-refractivity contribution is -0.117. The summed E-state index contributed by atoms with van der Waals surface area (Å²) < 4.78 is 6.46. The van der Waals surface area contributed by atoms with Gasteiger partial charge in [-0.15, -0.1) is 11.3 Å². The lowest BCUT2D eigenvalue weighted by Gasteiger charge is -2.24. The monoisotopic (exact) mass is 504 g/mol. The molecular weight excluding hydrogens is 480 g/mol. The van der Waals surface area contributed by atoms with Crippen LogP contribution >= 0.6 is 22.7 Å². The fourth-order valence-electron chi connectivity index (χ4n) is 4.21. The first-order valence-corrected chi connectivity index (χ1v) is 13.1. The normalized spacial score (nSPS) is 16.1. The van der Waals surface area contributed by atoms with Gasteiger partial charge in [0.2, 0.25) is 5.78 Å². The van der Waals surface area contributed by atoms with Gasteiger partial charge in [0.05, 0.1) is 33.3 Å². The topological polar surface area (TPSA) is 79.7 Å². The second-order valence-corrected chi connectivity index (χ2v) is 10.5. The first-order valence-electron chi connectivity index (χ1n) is 11.4. The summed E-state index contributed by atoms with van der Waals surface area (Å²) in [5.41, 5.74) is 2.67. The molecule has 5 rings (SSSR count). The average molecular weight is 505 g/mol. The molecule has 0 fully saturated rings. The summed E-state index contributed by atoms with van der Waals surface area (Å²) in [4.78, 5) is 33.5. The molecular formula is C27H24N2O4S2. The van der Waals surface area contributed by atoms with Gasteiger partial charge in [-0.1, -0.05) is 55.5 Å². The second-order valence-electron chi connectivity index (χ2n) is 8.53. The van der Waals surface area contributed by atoms with Gasteiger partial charge < -0.3 is 9.84 Å². The molecule has 3 heterocycles. The van der Waals surface area contributed by atoms with Crippen LogP contribution in [0.3, 0.4) is 0 Å². The number of carbonyl (C=O) groups excluding carboxylic acids is 2. The van der Waals surface area contributed by atoms with E-state index in [0.29, 0.717) is 28.1 Å². The lowest BCUT2D eigenvalue weighted by atomic mass is 9.93. The summed E-state index contributed by atoms with van der Waals surface area (Å²) in [5.74, 6) is -0.461. The highest BCUT2D eigenvalue weighted by molar-refractivity contribution is 7.22. The maximum absolute atomic E-state index is 13.5. The lowest BCUT2D eigenvalue weighted by Crippen LogP contribution is -2.30. The van der Waals surface area contributed by atoms with Crippen molar-refractivity contribution in [1.29, 1.82) is 0 Å². The molecule has 1 atom stereocenters. The van der Waals surface area contributed by atoms with Crippen molar-refractivity contribution in [2.75, 3.05) is 11.5 Å². The molecule has 0 unspecified atom stereocenters. The molecule has 0 radical (unpaired) electrons. The second kappa shape index (κ2) is 9.28. The van der Waals surface area contributed by atoms with Crippen LogP contribution < -0.4 is 9.64 Å². The highest BCUT2D eigenvalue weighted by Gasteiger charge is 2.46. The average Bonchev–Trinajstić information content (AvgIpc) is 3.58. The Morgan fingerprint density at radius 1 is 1.17 bits per heavy atom. The van der Waals surface area contributed by atoms with Crippen LogP contribution in [-0.4, -0.2) is 28.4 Å². The third kappa shape index (κ3) is 4.13. The summed E-state index contributed by atoms with van der Waals surface area (Å²) in [5, 5.41) is 13.2. The number of benzene rings is 2. The van der Waals surface area contributed by atoms with E-state index in [0.717, 1.165) is 21.6 Å². The zero-order chi connectivity index (χ0) is 24.7. The number of thiazole rings is 1. The zero-order valence-electron chi connectivity index (χ0n) is 19.5. The van der Waals surface area contributed by atoms with Gasteiger partial charge in [-0.25, -0.2) is 4.98 Å². The van der Waals surface area contributed by atoms with Crippen molar-refractivity contribution >= 4 is 49.7 Å². The van der Waals surface area contributed by atoms with E-state index in [4.69, 9.17) is 4.74 Å². The molecule has 1 aliphatic heterocycles. The molecule has 8 heteroatoms. The summed E-state index contributed by atoms with van der Waals surface area (Å²) in [7, 11) is 0. The van der Waals surface area contributed by atoms with E-state index in [1.54, 1.807) is 17.5 Å². The van der Waals surface area contributed by atoms with Gasteiger partial charge in [0.15, 0.2) is 10.9 Å². The van der Waals surface area contributed by atoms with E-state index in [1.165, 1.54) is 27.6 Å². The number of aliphatic hydroxyl groups is 1. The molecule has 0 saturated carbocycles. The Morgan fingerprint density at radius 3 is 2.60 bits per heavy atom. The van der Waals surface area contributed by atoms with Crippen LogP contribution in [0.25, 0.3) is 10.2 Å². The number of Topliss-reactive ketones (excluding diaryl/α,β-unsaturated/α-hetero) is 1. The predicted octanol–water partition coefficient (Wildman–Crippen LogP) is 6.66. The van der Waals surface area contributed by atoms with Crippen LogP contribution in [-0.2, 0) is 4.79 Å². The minimum atomic E-state index is -0.787. The predicted molar refractivity (Wildman–Crippen MR) is 140 cm³/mol. The van der Waals surface area contributed by atoms with Crippen molar-refractivity contribution in [1.82, 2.24) is 4.98 Å². The van der Waals surface area contributed by atoms with Gasteiger partial charge in [-0.05, 0) is 53.6 Å². The number of thiophene rings is 1. The van der Waals surface area contributed by atoms with Crippen molar-refractivity contribution in [3.8, 4) is 5.75 Å². The van der Waals surface area contributed by atoms with Crippen LogP contribution in [0.15, 0.2) is 71.3 Å². The van der Waals surface area contributed by atoms with Gasteiger partial charge in [0.1, 0.15) is 5.75 Å². The van der Waals surface area contributed by atoms with Gasteiger partial charge in [0, 0.05) is 0 Å². The summed E-state index contributed by atoms with van der Waals surface area (Å²) in [6.45, 7) is 6.67. The van der Waals surface area contributed by atoms with E-state index >= 15 is 0 Å². The van der Waals surface area contributed by atoms with Crippen molar-refractivity contribution in [3.05, 3.63) is 87.3 Å². The smallest absolute Gasteiger partial charge is 0.296 e. The SMILES string of the molecule is CCOc1ccc2nc(N3C(=O)C(O)=C(C(=O)c4cccs4)[C@@H]3c3ccc(C(C)C)cc3)sc2c1. The minimum absolute atomic E-state index is 0.0732. The van der Waals surface area contributed by atoms with E-state index in [-0.39, 0.29) is 11.4 Å². The molecule has 0 saturated heterocycles. The molecule has 1 N–H and O–H groups in total. The molecule has 35 heavy (non-hydrogen) atoms. The Morgan fingerprint density at radius 2 is 1.94 bits per heavy atom. The zero-order valence-corrected chi connectivity index (χ0v) is 21.2. The van der Waals surface area contributed by atoms with Gasteiger partial charge in [0.25, 0.3) is 5.91 Å². The number of hydrogen-bond donors (Lipinski definition) is 1. The molecule has 178 valence electrons. The van der Waals surface area contributed by atoms with E-state index in [9.17, 15) is 14.7 Å². The van der Waals surface area contributed by atoms with Gasteiger partial charge in [-0.2, -0.15) is 0 Å². The molecule has 2 aromatic carbocycles. The first kappa shape index (κ1) is 23.3. The van der Waals surface area contributed by atoms with Crippen molar-refractivity contribution in [2.24, 2.45) is 0 Å². The number of rotatable bonds is 7.